The van der Waals surface area contributed by atoms with E-state index < -0.39 is 17.7 Å². The molecule has 0 aliphatic rings. The van der Waals surface area contributed by atoms with Gasteiger partial charge in [-0.15, -0.1) is 0 Å². The summed E-state index contributed by atoms with van der Waals surface area (Å²) < 4.78 is 26.9. The molecule has 0 aliphatic carbocycles. The lowest BCUT2D eigenvalue weighted by atomic mass is 10.1. The maximum Gasteiger partial charge on any atom is 0.253 e. The molecule has 0 spiro atoms. The second-order valence-electron chi connectivity index (χ2n) is 6.06. The molecule has 2 aromatic carbocycles. The molecule has 26 heavy (non-hydrogen) atoms. The summed E-state index contributed by atoms with van der Waals surface area (Å²) in [6.45, 7) is 3.40. The number of hydrogen-bond donors (Lipinski definition) is 1. The molecule has 132 valence electrons. The molecule has 5 heteroatoms. The van der Waals surface area contributed by atoms with Gasteiger partial charge in [-0.3, -0.25) is 9.78 Å². The molecule has 0 radical (unpaired) electrons. The summed E-state index contributed by atoms with van der Waals surface area (Å²) in [5.41, 5.74) is 2.96. The van der Waals surface area contributed by atoms with Crippen LogP contribution in [0.4, 0.5) is 8.78 Å². The number of carbonyl (C=O) groups is 1. The highest BCUT2D eigenvalue weighted by Gasteiger charge is 2.17. The molecule has 3 aromatic rings. The minimum Gasteiger partial charge on any atom is -0.345 e. The molecule has 1 aromatic heterocycles. The quantitative estimate of drug-likeness (QED) is 0.731. The Bertz CT molecular complexity index is 942. The van der Waals surface area contributed by atoms with E-state index in [0.717, 1.165) is 17.3 Å². The van der Waals surface area contributed by atoms with Crippen molar-refractivity contribution in [3.63, 3.8) is 0 Å². The van der Waals surface area contributed by atoms with Crippen LogP contribution < -0.4 is 5.32 Å². The van der Waals surface area contributed by atoms with Crippen LogP contribution in [0.5, 0.6) is 0 Å². The van der Waals surface area contributed by atoms with Crippen LogP contribution in [0.2, 0.25) is 0 Å². The molecule has 1 heterocycles. The van der Waals surface area contributed by atoms with Crippen LogP contribution in [0.1, 0.15) is 34.6 Å². The van der Waals surface area contributed by atoms with E-state index in [1.807, 2.05) is 30.3 Å². The molecule has 1 atom stereocenters. The molecule has 0 bridgehead atoms. The Balaban J connectivity index is 1.79. The maximum absolute atomic E-state index is 13.9. The summed E-state index contributed by atoms with van der Waals surface area (Å²) in [5, 5.41) is 2.73. The van der Waals surface area contributed by atoms with Crippen LogP contribution in [0.25, 0.3) is 11.3 Å². The number of aromatic nitrogens is 1. The summed E-state index contributed by atoms with van der Waals surface area (Å²) >= 11 is 0. The fraction of sp³-hybridized carbons (Fsp3) is 0.143. The van der Waals surface area contributed by atoms with E-state index in [-0.39, 0.29) is 11.5 Å². The summed E-state index contributed by atoms with van der Waals surface area (Å²) in [6.07, 6.45) is 0. The zero-order valence-electron chi connectivity index (χ0n) is 14.5. The largest absolute Gasteiger partial charge is 0.345 e. The van der Waals surface area contributed by atoms with Crippen molar-refractivity contribution in [2.45, 2.75) is 19.9 Å². The van der Waals surface area contributed by atoms with E-state index in [4.69, 9.17) is 0 Å². The first kappa shape index (κ1) is 17.7. The van der Waals surface area contributed by atoms with E-state index in [9.17, 15) is 13.6 Å². The Morgan fingerprint density at radius 1 is 1.04 bits per heavy atom. The third kappa shape index (κ3) is 3.77. The highest BCUT2D eigenvalue weighted by Crippen LogP contribution is 2.21. The maximum atomic E-state index is 13.9. The van der Waals surface area contributed by atoms with E-state index in [1.54, 1.807) is 26.0 Å². The van der Waals surface area contributed by atoms with Crippen molar-refractivity contribution < 1.29 is 13.6 Å². The van der Waals surface area contributed by atoms with Crippen molar-refractivity contribution in [2.75, 3.05) is 0 Å². The lowest BCUT2D eigenvalue weighted by molar-refractivity contribution is 0.0938. The van der Waals surface area contributed by atoms with Gasteiger partial charge in [0.25, 0.3) is 5.91 Å². The Hall–Kier alpha value is -3.08. The molecule has 0 unspecified atom stereocenters. The first-order valence-corrected chi connectivity index (χ1v) is 8.24. The lowest BCUT2D eigenvalue weighted by Gasteiger charge is -2.16. The number of pyridine rings is 1. The number of rotatable bonds is 4. The van der Waals surface area contributed by atoms with Gasteiger partial charge in [0.1, 0.15) is 11.6 Å². The smallest absolute Gasteiger partial charge is 0.253 e. The third-order valence-electron chi connectivity index (χ3n) is 4.18. The van der Waals surface area contributed by atoms with Gasteiger partial charge < -0.3 is 5.32 Å². The van der Waals surface area contributed by atoms with Crippen molar-refractivity contribution in [3.05, 3.63) is 89.1 Å². The second kappa shape index (κ2) is 7.44. The number of carbonyl (C=O) groups excluding carboxylic acids is 1. The molecule has 0 saturated heterocycles. The van der Waals surface area contributed by atoms with Gasteiger partial charge in [-0.05, 0) is 32.0 Å². The number of nitrogens with zero attached hydrogens (tertiary/aromatic N) is 1. The minimum absolute atomic E-state index is 0.228. The van der Waals surface area contributed by atoms with Gasteiger partial charge in [-0.2, -0.15) is 0 Å². The zero-order valence-corrected chi connectivity index (χ0v) is 14.5. The van der Waals surface area contributed by atoms with Crippen molar-refractivity contribution in [1.82, 2.24) is 10.3 Å². The zero-order chi connectivity index (χ0) is 18.7. The topological polar surface area (TPSA) is 42.0 Å². The summed E-state index contributed by atoms with van der Waals surface area (Å²) in [5.74, 6) is -1.70. The number of nitrogens with one attached hydrogen (secondary N) is 1. The van der Waals surface area contributed by atoms with Crippen molar-refractivity contribution in [1.29, 1.82) is 0 Å². The van der Waals surface area contributed by atoms with E-state index in [1.165, 1.54) is 12.1 Å². The van der Waals surface area contributed by atoms with Gasteiger partial charge in [0.2, 0.25) is 0 Å². The van der Waals surface area contributed by atoms with Gasteiger partial charge in [0.05, 0.1) is 23.0 Å². The highest BCUT2D eigenvalue weighted by atomic mass is 19.1. The molecule has 3 rings (SSSR count). The van der Waals surface area contributed by atoms with Crippen LogP contribution in [0.3, 0.4) is 0 Å². The predicted octanol–water partition coefficient (Wildman–Crippen LogP) is 4.83. The van der Waals surface area contributed by atoms with Gasteiger partial charge in [-0.25, -0.2) is 8.78 Å². The fourth-order valence-corrected chi connectivity index (χ4v) is 2.78. The average Bonchev–Trinajstić information content (AvgIpc) is 2.62. The lowest BCUT2D eigenvalue weighted by Crippen LogP contribution is -2.28. The van der Waals surface area contributed by atoms with Crippen LogP contribution in [0, 0.1) is 18.6 Å². The van der Waals surface area contributed by atoms with E-state index >= 15 is 0 Å². The number of aryl methyl sites for hydroxylation is 1. The van der Waals surface area contributed by atoms with E-state index in [0.29, 0.717) is 11.3 Å². The SMILES string of the molecule is Cc1nc(-c2ccccc2)ccc1C(=O)N[C@H](C)c1ccc(F)cc1F. The molecule has 0 saturated carbocycles. The Labute approximate surface area is 150 Å². The molecule has 3 nitrogen and oxygen atoms in total. The van der Waals surface area contributed by atoms with Crippen molar-refractivity contribution in [3.8, 4) is 11.3 Å². The number of hydrogen-bond acceptors (Lipinski definition) is 2. The van der Waals surface area contributed by atoms with E-state index in [2.05, 4.69) is 10.3 Å². The highest BCUT2D eigenvalue weighted by molar-refractivity contribution is 5.95. The number of benzene rings is 2. The van der Waals surface area contributed by atoms with Crippen LogP contribution in [-0.4, -0.2) is 10.9 Å². The van der Waals surface area contributed by atoms with Crippen molar-refractivity contribution >= 4 is 5.91 Å². The van der Waals surface area contributed by atoms with Crippen LogP contribution in [-0.2, 0) is 0 Å². The second-order valence-corrected chi connectivity index (χ2v) is 6.06. The van der Waals surface area contributed by atoms with Crippen LogP contribution in [0.15, 0.2) is 60.7 Å². The summed E-state index contributed by atoms with van der Waals surface area (Å²) in [6, 6.07) is 15.8. The molecule has 1 amide bonds. The first-order valence-electron chi connectivity index (χ1n) is 8.24. The normalized spacial score (nSPS) is 11.8. The molecule has 1 N–H and O–H groups in total. The third-order valence-corrected chi connectivity index (χ3v) is 4.18. The monoisotopic (exact) mass is 352 g/mol. The fourth-order valence-electron chi connectivity index (χ4n) is 2.78. The molecule has 0 aliphatic heterocycles. The minimum atomic E-state index is -0.688. The van der Waals surface area contributed by atoms with Gasteiger partial charge in [-0.1, -0.05) is 36.4 Å². The van der Waals surface area contributed by atoms with Crippen LogP contribution >= 0.6 is 0 Å². The predicted molar refractivity (Wildman–Crippen MR) is 96.6 cm³/mol. The molecular formula is C21H18F2N2O. The van der Waals surface area contributed by atoms with Crippen molar-refractivity contribution in [2.24, 2.45) is 0 Å². The van der Waals surface area contributed by atoms with Gasteiger partial charge >= 0.3 is 0 Å². The summed E-state index contributed by atoms with van der Waals surface area (Å²) in [7, 11) is 0. The van der Waals surface area contributed by atoms with Gasteiger partial charge in [0.15, 0.2) is 0 Å². The first-order chi connectivity index (χ1) is 12.5. The number of amides is 1. The number of halogens is 2. The Morgan fingerprint density at radius 2 is 1.77 bits per heavy atom. The Kier molecular flexibility index (Phi) is 5.07. The van der Waals surface area contributed by atoms with Gasteiger partial charge in [0, 0.05) is 17.2 Å². The molecule has 0 fully saturated rings. The Morgan fingerprint density at radius 3 is 2.42 bits per heavy atom. The summed E-state index contributed by atoms with van der Waals surface area (Å²) in [4.78, 5) is 17.0. The molecular weight excluding hydrogens is 334 g/mol. The standard InChI is InChI=1S/C21H18F2N2O/c1-13(17-9-8-16(22)12-19(17)23)25-21(26)18-10-11-20(24-14(18)2)15-6-4-3-5-7-15/h3-13H,1-2H3,(H,25,26)/t13-/m1/s1. The average molecular weight is 352 g/mol.